The molecule has 2 nitrogen and oxygen atoms in total. The second kappa shape index (κ2) is 3.91. The molecule has 6 heteroatoms. The van der Waals surface area contributed by atoms with E-state index in [1.165, 1.54) is 12.3 Å². The Labute approximate surface area is 77.8 Å². The number of aromatic nitrogens is 2. The van der Waals surface area contributed by atoms with Gasteiger partial charge in [-0.05, 0) is 6.07 Å². The van der Waals surface area contributed by atoms with Gasteiger partial charge in [0.25, 0.3) is 0 Å². The zero-order valence-electron chi connectivity index (χ0n) is 6.48. The zero-order valence-corrected chi connectivity index (χ0v) is 7.23. The van der Waals surface area contributed by atoms with Crippen molar-refractivity contribution >= 4 is 11.6 Å². The maximum Gasteiger partial charge on any atom is 0.389 e. The minimum atomic E-state index is -4.17. The molecule has 0 spiro atoms. The van der Waals surface area contributed by atoms with Crippen molar-refractivity contribution in [3.8, 4) is 0 Å². The summed E-state index contributed by atoms with van der Waals surface area (Å²) >= 11 is 5.46. The quantitative estimate of drug-likeness (QED) is 0.702. The fourth-order valence-electron chi connectivity index (χ4n) is 0.748. The van der Waals surface area contributed by atoms with Crippen LogP contribution in [0.3, 0.4) is 0 Å². The molecule has 0 aliphatic heterocycles. The Bertz CT molecular complexity index is 287. The summed E-state index contributed by atoms with van der Waals surface area (Å²) in [6.07, 6.45) is -4.00. The summed E-state index contributed by atoms with van der Waals surface area (Å²) in [5, 5.41) is 0.159. The minimum Gasteiger partial charge on any atom is -0.241 e. The van der Waals surface area contributed by atoms with Crippen molar-refractivity contribution in [1.82, 2.24) is 9.97 Å². The molecule has 72 valence electrons. The highest BCUT2D eigenvalue weighted by molar-refractivity contribution is 6.29. The standard InChI is InChI=1S/C7H6ClF3N2/c8-5-2-4-12-6(13-5)1-3-7(9,10)11/h2,4H,1,3H2. The first kappa shape index (κ1) is 10.2. The first-order chi connectivity index (χ1) is 5.97. The lowest BCUT2D eigenvalue weighted by Crippen LogP contribution is -2.10. The summed E-state index contributed by atoms with van der Waals surface area (Å²) in [6, 6.07) is 1.42. The Hall–Kier alpha value is -0.840. The van der Waals surface area contributed by atoms with Crippen molar-refractivity contribution in [2.75, 3.05) is 0 Å². The van der Waals surface area contributed by atoms with Gasteiger partial charge < -0.3 is 0 Å². The summed E-state index contributed by atoms with van der Waals surface area (Å²) < 4.78 is 35.3. The molecule has 0 aromatic carbocycles. The zero-order chi connectivity index (χ0) is 9.90. The Balaban J connectivity index is 2.55. The van der Waals surface area contributed by atoms with E-state index >= 15 is 0 Å². The molecule has 1 aromatic rings. The molecular weight excluding hydrogens is 205 g/mol. The average molecular weight is 211 g/mol. The molecule has 1 rings (SSSR count). The van der Waals surface area contributed by atoms with E-state index < -0.39 is 12.6 Å². The highest BCUT2D eigenvalue weighted by Crippen LogP contribution is 2.21. The van der Waals surface area contributed by atoms with Gasteiger partial charge in [0.05, 0.1) is 6.42 Å². The van der Waals surface area contributed by atoms with Gasteiger partial charge in [0.2, 0.25) is 0 Å². The third-order valence-corrected chi connectivity index (χ3v) is 1.51. The Morgan fingerprint density at radius 2 is 2.08 bits per heavy atom. The maximum absolute atomic E-state index is 11.8. The topological polar surface area (TPSA) is 25.8 Å². The van der Waals surface area contributed by atoms with E-state index in [1.807, 2.05) is 0 Å². The van der Waals surface area contributed by atoms with Crippen LogP contribution in [-0.2, 0) is 6.42 Å². The second-order valence-electron chi connectivity index (χ2n) is 2.41. The van der Waals surface area contributed by atoms with E-state index in [0.29, 0.717) is 0 Å². The summed E-state index contributed by atoms with van der Waals surface area (Å²) in [5.74, 6) is 0.116. The molecule has 0 amide bonds. The highest BCUT2D eigenvalue weighted by atomic mass is 35.5. The Morgan fingerprint density at radius 1 is 1.38 bits per heavy atom. The maximum atomic E-state index is 11.8. The molecule has 0 N–H and O–H groups in total. The van der Waals surface area contributed by atoms with Gasteiger partial charge in [-0.15, -0.1) is 0 Å². The number of hydrogen-bond donors (Lipinski definition) is 0. The van der Waals surface area contributed by atoms with Crippen LogP contribution in [0.15, 0.2) is 12.3 Å². The molecule has 0 aliphatic carbocycles. The molecule has 0 atom stereocenters. The van der Waals surface area contributed by atoms with Crippen molar-refractivity contribution in [2.24, 2.45) is 0 Å². The predicted molar refractivity (Wildman–Crippen MR) is 41.4 cm³/mol. The molecule has 1 heterocycles. The van der Waals surface area contributed by atoms with E-state index in [-0.39, 0.29) is 17.4 Å². The van der Waals surface area contributed by atoms with Crippen LogP contribution < -0.4 is 0 Å². The monoisotopic (exact) mass is 210 g/mol. The predicted octanol–water partition coefficient (Wildman–Crippen LogP) is 2.62. The second-order valence-corrected chi connectivity index (χ2v) is 2.80. The van der Waals surface area contributed by atoms with Crippen molar-refractivity contribution in [3.05, 3.63) is 23.2 Å². The van der Waals surface area contributed by atoms with Gasteiger partial charge in [-0.3, -0.25) is 0 Å². The molecular formula is C7H6ClF3N2. The number of rotatable bonds is 2. The van der Waals surface area contributed by atoms with Crippen LogP contribution in [0.25, 0.3) is 0 Å². The minimum absolute atomic E-state index is 0.116. The van der Waals surface area contributed by atoms with Crippen LogP contribution in [0.5, 0.6) is 0 Å². The van der Waals surface area contributed by atoms with E-state index in [0.717, 1.165) is 0 Å². The van der Waals surface area contributed by atoms with E-state index in [4.69, 9.17) is 11.6 Å². The van der Waals surface area contributed by atoms with E-state index in [2.05, 4.69) is 9.97 Å². The normalized spacial score (nSPS) is 11.7. The summed E-state index contributed by atoms with van der Waals surface area (Å²) in [6.45, 7) is 0. The molecule has 0 unspecified atom stereocenters. The van der Waals surface area contributed by atoms with Gasteiger partial charge in [0, 0.05) is 12.6 Å². The molecule has 13 heavy (non-hydrogen) atoms. The van der Waals surface area contributed by atoms with Gasteiger partial charge in [0.15, 0.2) is 0 Å². The van der Waals surface area contributed by atoms with Gasteiger partial charge in [0.1, 0.15) is 11.0 Å². The van der Waals surface area contributed by atoms with Crippen molar-refractivity contribution in [2.45, 2.75) is 19.0 Å². The van der Waals surface area contributed by atoms with Crippen LogP contribution in [0.2, 0.25) is 5.15 Å². The van der Waals surface area contributed by atoms with Crippen LogP contribution in [-0.4, -0.2) is 16.1 Å². The lowest BCUT2D eigenvalue weighted by atomic mass is 10.3. The Morgan fingerprint density at radius 3 is 2.62 bits per heavy atom. The molecule has 0 aliphatic rings. The third-order valence-electron chi connectivity index (χ3n) is 1.30. The molecule has 0 bridgehead atoms. The average Bonchev–Trinajstić information content (AvgIpc) is 2.00. The summed E-state index contributed by atoms with van der Waals surface area (Å²) in [5.41, 5.74) is 0. The van der Waals surface area contributed by atoms with Crippen molar-refractivity contribution in [1.29, 1.82) is 0 Å². The van der Waals surface area contributed by atoms with Crippen molar-refractivity contribution < 1.29 is 13.2 Å². The molecule has 0 saturated carbocycles. The van der Waals surface area contributed by atoms with Gasteiger partial charge in [-0.25, -0.2) is 9.97 Å². The van der Waals surface area contributed by atoms with Crippen LogP contribution >= 0.6 is 11.6 Å². The Kier molecular flexibility index (Phi) is 3.08. The van der Waals surface area contributed by atoms with Crippen LogP contribution in [0.1, 0.15) is 12.2 Å². The first-order valence-electron chi connectivity index (χ1n) is 3.51. The SMILES string of the molecule is FC(F)(F)CCc1nccc(Cl)n1. The molecule has 0 radical (unpaired) electrons. The van der Waals surface area contributed by atoms with Gasteiger partial charge in [-0.2, -0.15) is 13.2 Å². The largest absolute Gasteiger partial charge is 0.389 e. The lowest BCUT2D eigenvalue weighted by Gasteiger charge is -2.04. The summed E-state index contributed by atoms with van der Waals surface area (Å²) in [7, 11) is 0. The van der Waals surface area contributed by atoms with E-state index in [1.54, 1.807) is 0 Å². The molecule has 0 fully saturated rings. The number of hydrogen-bond acceptors (Lipinski definition) is 2. The first-order valence-corrected chi connectivity index (χ1v) is 3.89. The lowest BCUT2D eigenvalue weighted by molar-refractivity contribution is -0.134. The third kappa shape index (κ3) is 4.07. The van der Waals surface area contributed by atoms with Gasteiger partial charge in [-0.1, -0.05) is 11.6 Å². The van der Waals surface area contributed by atoms with E-state index in [9.17, 15) is 13.2 Å². The fraction of sp³-hybridized carbons (Fsp3) is 0.429. The molecule has 0 saturated heterocycles. The number of nitrogens with zero attached hydrogens (tertiary/aromatic N) is 2. The number of halogens is 4. The molecule has 1 aromatic heterocycles. The smallest absolute Gasteiger partial charge is 0.241 e. The number of alkyl halides is 3. The van der Waals surface area contributed by atoms with Crippen LogP contribution in [0.4, 0.5) is 13.2 Å². The fourth-order valence-corrected chi connectivity index (χ4v) is 0.902. The van der Waals surface area contributed by atoms with Gasteiger partial charge >= 0.3 is 6.18 Å². The van der Waals surface area contributed by atoms with Crippen LogP contribution in [0, 0.1) is 0 Å². The summed E-state index contributed by atoms with van der Waals surface area (Å²) in [4.78, 5) is 7.28. The van der Waals surface area contributed by atoms with Crippen molar-refractivity contribution in [3.63, 3.8) is 0 Å². The highest BCUT2D eigenvalue weighted by Gasteiger charge is 2.26. The number of aryl methyl sites for hydroxylation is 1.